The largest absolute Gasteiger partial charge is 0.382 e. The number of hydrogen-bond acceptors (Lipinski definition) is 7. The Hall–Kier alpha value is -1.12. The quantitative estimate of drug-likeness (QED) is 0.687. The van der Waals surface area contributed by atoms with Gasteiger partial charge in [-0.2, -0.15) is 0 Å². The normalized spacial score (nSPS) is 11.6. The molecule has 0 aliphatic heterocycles. The van der Waals surface area contributed by atoms with Crippen molar-refractivity contribution in [3.8, 4) is 0 Å². The zero-order valence-corrected chi connectivity index (χ0v) is 12.0. The van der Waals surface area contributed by atoms with Crippen molar-refractivity contribution in [1.29, 1.82) is 0 Å². The average molecular weight is 301 g/mol. The molecule has 96 valence electrons. The van der Waals surface area contributed by atoms with E-state index in [1.54, 1.807) is 11.4 Å². The van der Waals surface area contributed by atoms with Crippen molar-refractivity contribution in [3.05, 3.63) is 23.7 Å². The van der Waals surface area contributed by atoms with E-state index in [4.69, 9.17) is 5.73 Å². The zero-order valence-electron chi connectivity index (χ0n) is 9.53. The van der Waals surface area contributed by atoms with Crippen molar-refractivity contribution in [2.45, 2.75) is 21.2 Å². The van der Waals surface area contributed by atoms with Gasteiger partial charge in [-0.15, -0.1) is 11.3 Å². The number of nitrogens with two attached hydrogens (primary N) is 1. The monoisotopic (exact) mass is 301 g/mol. The molecule has 0 radical (unpaired) electrons. The summed E-state index contributed by atoms with van der Waals surface area (Å²) in [4.78, 5) is 7.96. The third-order valence-electron chi connectivity index (χ3n) is 2.08. The van der Waals surface area contributed by atoms with Gasteiger partial charge in [0.25, 0.3) is 0 Å². The lowest BCUT2D eigenvalue weighted by Gasteiger charge is -2.05. The first kappa shape index (κ1) is 13.3. The first-order chi connectivity index (χ1) is 8.55. The molecule has 0 aliphatic rings. The fourth-order valence-electron chi connectivity index (χ4n) is 1.30. The minimum absolute atomic E-state index is 0.00523. The minimum atomic E-state index is -3.60. The van der Waals surface area contributed by atoms with Gasteiger partial charge in [-0.3, -0.25) is 0 Å². The Kier molecular flexibility index (Phi) is 3.88. The molecule has 2 rings (SSSR count). The van der Waals surface area contributed by atoms with Crippen molar-refractivity contribution in [3.63, 3.8) is 0 Å². The van der Waals surface area contributed by atoms with E-state index in [0.29, 0.717) is 5.16 Å². The molecule has 5 nitrogen and oxygen atoms in total. The molecule has 0 fully saturated rings. The van der Waals surface area contributed by atoms with E-state index in [-0.39, 0.29) is 14.9 Å². The Balaban J connectivity index is 2.46. The smallest absolute Gasteiger partial charge is 0.221 e. The number of aromatic nitrogens is 2. The van der Waals surface area contributed by atoms with E-state index in [1.165, 1.54) is 24.0 Å². The Morgan fingerprint density at radius 2 is 2.28 bits per heavy atom. The van der Waals surface area contributed by atoms with Gasteiger partial charge in [-0.05, 0) is 17.2 Å². The van der Waals surface area contributed by atoms with E-state index in [0.717, 1.165) is 17.1 Å². The highest BCUT2D eigenvalue weighted by atomic mass is 32.2. The summed E-state index contributed by atoms with van der Waals surface area (Å²) in [6.45, 7) is 1.96. The predicted molar refractivity (Wildman–Crippen MR) is 72.6 cm³/mol. The van der Waals surface area contributed by atoms with Gasteiger partial charge in [-0.25, -0.2) is 18.4 Å². The second kappa shape index (κ2) is 5.25. The molecule has 18 heavy (non-hydrogen) atoms. The lowest BCUT2D eigenvalue weighted by Crippen LogP contribution is -2.07. The molecule has 8 heteroatoms. The van der Waals surface area contributed by atoms with Crippen LogP contribution in [-0.4, -0.2) is 24.1 Å². The highest BCUT2D eigenvalue weighted by Gasteiger charge is 2.23. The third-order valence-corrected chi connectivity index (χ3v) is 6.00. The number of thiophene rings is 1. The minimum Gasteiger partial charge on any atom is -0.382 e. The van der Waals surface area contributed by atoms with Gasteiger partial charge in [0.2, 0.25) is 9.84 Å². The molecule has 2 heterocycles. The first-order valence-electron chi connectivity index (χ1n) is 5.09. The van der Waals surface area contributed by atoms with Crippen molar-refractivity contribution in [2.24, 2.45) is 0 Å². The number of thioether (sulfide) groups is 1. The maximum atomic E-state index is 12.2. The topological polar surface area (TPSA) is 85.9 Å². The fraction of sp³-hybridized carbons (Fsp3) is 0.200. The van der Waals surface area contributed by atoms with Crippen molar-refractivity contribution in [1.82, 2.24) is 9.97 Å². The molecule has 0 atom stereocenters. The Labute approximate surface area is 113 Å². The molecule has 2 aromatic heterocycles. The van der Waals surface area contributed by atoms with Crippen LogP contribution in [0.2, 0.25) is 0 Å². The van der Waals surface area contributed by atoms with Crippen molar-refractivity contribution in [2.75, 3.05) is 11.5 Å². The Bertz CT molecular complexity index is 638. The van der Waals surface area contributed by atoms with Crippen LogP contribution < -0.4 is 5.73 Å². The highest BCUT2D eigenvalue weighted by Crippen LogP contribution is 2.28. The molecule has 0 saturated carbocycles. The number of anilines is 1. The van der Waals surface area contributed by atoms with Crippen LogP contribution >= 0.6 is 23.1 Å². The molecule has 0 bridgehead atoms. The summed E-state index contributed by atoms with van der Waals surface area (Å²) >= 11 is 2.56. The van der Waals surface area contributed by atoms with Crippen LogP contribution in [0.3, 0.4) is 0 Å². The van der Waals surface area contributed by atoms with Gasteiger partial charge in [-0.1, -0.05) is 24.8 Å². The summed E-state index contributed by atoms with van der Waals surface area (Å²) in [6.07, 6.45) is 1.27. The molecule has 0 aromatic carbocycles. The molecule has 0 amide bonds. The Morgan fingerprint density at radius 3 is 2.83 bits per heavy atom. The number of hydrogen-bond donors (Lipinski definition) is 1. The van der Waals surface area contributed by atoms with E-state index >= 15 is 0 Å². The maximum Gasteiger partial charge on any atom is 0.221 e. The van der Waals surface area contributed by atoms with Gasteiger partial charge in [0.1, 0.15) is 14.9 Å². The first-order valence-corrected chi connectivity index (χ1v) is 8.44. The molecule has 2 aromatic rings. The van der Waals surface area contributed by atoms with E-state index in [9.17, 15) is 8.42 Å². The molecular formula is C10H11N3O2S3. The summed E-state index contributed by atoms with van der Waals surface area (Å²) in [5, 5.41) is 2.19. The Morgan fingerprint density at radius 1 is 1.50 bits per heavy atom. The summed E-state index contributed by atoms with van der Waals surface area (Å²) in [5.41, 5.74) is 5.70. The molecular weight excluding hydrogens is 290 g/mol. The summed E-state index contributed by atoms with van der Waals surface area (Å²) < 4.78 is 24.7. The van der Waals surface area contributed by atoms with Crippen LogP contribution in [-0.2, 0) is 9.84 Å². The molecule has 0 spiro atoms. The molecule has 0 unspecified atom stereocenters. The van der Waals surface area contributed by atoms with Gasteiger partial charge in [0, 0.05) is 0 Å². The highest BCUT2D eigenvalue weighted by molar-refractivity contribution is 7.99. The lowest BCUT2D eigenvalue weighted by molar-refractivity contribution is 0.597. The van der Waals surface area contributed by atoms with Crippen LogP contribution in [0.1, 0.15) is 6.92 Å². The van der Waals surface area contributed by atoms with Gasteiger partial charge in [0.05, 0.1) is 6.20 Å². The van der Waals surface area contributed by atoms with E-state index in [1.807, 2.05) is 6.92 Å². The van der Waals surface area contributed by atoms with Crippen molar-refractivity contribution < 1.29 is 8.42 Å². The third kappa shape index (κ3) is 2.50. The van der Waals surface area contributed by atoms with Gasteiger partial charge >= 0.3 is 0 Å². The number of nitrogen functional groups attached to an aromatic ring is 1. The van der Waals surface area contributed by atoms with Crippen molar-refractivity contribution >= 4 is 38.8 Å². The van der Waals surface area contributed by atoms with E-state index < -0.39 is 9.84 Å². The van der Waals surface area contributed by atoms with Crippen LogP contribution in [0, 0.1) is 0 Å². The second-order valence-electron chi connectivity index (χ2n) is 3.27. The average Bonchev–Trinajstić information content (AvgIpc) is 2.83. The van der Waals surface area contributed by atoms with Gasteiger partial charge in [0.15, 0.2) is 5.16 Å². The zero-order chi connectivity index (χ0) is 13.2. The standard InChI is InChI=1S/C10H11N3O2S3/c1-2-16-10-12-6-7(9(11)13-10)18(14,15)8-4-3-5-17-8/h3-6H,2H2,1H3,(H2,11,12,13). The molecule has 0 aliphatic carbocycles. The predicted octanol–water partition coefficient (Wildman–Crippen LogP) is 2.07. The number of rotatable bonds is 4. The second-order valence-corrected chi connectivity index (χ2v) is 7.59. The fourth-order valence-corrected chi connectivity index (χ4v) is 4.22. The summed E-state index contributed by atoms with van der Waals surface area (Å²) in [7, 11) is -3.60. The van der Waals surface area contributed by atoms with Crippen LogP contribution in [0.15, 0.2) is 38.0 Å². The van der Waals surface area contributed by atoms with Gasteiger partial charge < -0.3 is 5.73 Å². The van der Waals surface area contributed by atoms with Crippen LogP contribution in [0.25, 0.3) is 0 Å². The number of nitrogens with zero attached hydrogens (tertiary/aromatic N) is 2. The lowest BCUT2D eigenvalue weighted by atomic mass is 10.6. The summed E-state index contributed by atoms with van der Waals surface area (Å²) in [5.74, 6) is 0.797. The number of sulfone groups is 1. The van der Waals surface area contributed by atoms with Crippen LogP contribution in [0.4, 0.5) is 5.82 Å². The maximum absolute atomic E-state index is 12.2. The van der Waals surface area contributed by atoms with Crippen LogP contribution in [0.5, 0.6) is 0 Å². The molecule has 2 N–H and O–H groups in total. The van der Waals surface area contributed by atoms with E-state index in [2.05, 4.69) is 9.97 Å². The molecule has 0 saturated heterocycles. The summed E-state index contributed by atoms with van der Waals surface area (Å²) in [6, 6.07) is 3.21. The SMILES string of the molecule is CCSc1ncc(S(=O)(=O)c2cccs2)c(N)n1.